The monoisotopic (exact) mass is 362 g/mol. The first-order chi connectivity index (χ1) is 12.7. The van der Waals surface area contributed by atoms with E-state index < -0.39 is 0 Å². The SMILES string of the molecule is COc1ccc2nc(/C=C3\SC(=Nc4cccnc4)NC3=O)ccc2c1. The zero-order valence-corrected chi connectivity index (χ0v) is 14.7. The number of carbonyl (C=O) groups excluding carboxylic acids is 1. The van der Waals surface area contributed by atoms with Gasteiger partial charge < -0.3 is 10.1 Å². The molecule has 1 saturated heterocycles. The van der Waals surface area contributed by atoms with Crippen LogP contribution in [0.4, 0.5) is 5.69 Å². The average Bonchev–Trinajstić information content (AvgIpc) is 3.01. The minimum Gasteiger partial charge on any atom is -0.497 e. The van der Waals surface area contributed by atoms with Gasteiger partial charge in [-0.05, 0) is 54.2 Å². The highest BCUT2D eigenvalue weighted by molar-refractivity contribution is 8.18. The van der Waals surface area contributed by atoms with Crippen molar-refractivity contribution in [1.29, 1.82) is 0 Å². The fourth-order valence-corrected chi connectivity index (χ4v) is 3.31. The van der Waals surface area contributed by atoms with E-state index in [9.17, 15) is 4.79 Å². The predicted molar refractivity (Wildman–Crippen MR) is 103 cm³/mol. The highest BCUT2D eigenvalue weighted by atomic mass is 32.2. The van der Waals surface area contributed by atoms with Gasteiger partial charge in [0.1, 0.15) is 5.75 Å². The van der Waals surface area contributed by atoms with E-state index in [1.165, 1.54) is 11.8 Å². The summed E-state index contributed by atoms with van der Waals surface area (Å²) < 4.78 is 5.22. The number of nitrogens with one attached hydrogen (secondary N) is 1. The van der Waals surface area contributed by atoms with Gasteiger partial charge >= 0.3 is 0 Å². The number of aliphatic imine (C=N–C) groups is 1. The molecule has 0 spiro atoms. The lowest BCUT2D eigenvalue weighted by Gasteiger charge is -2.03. The van der Waals surface area contributed by atoms with Crippen LogP contribution in [-0.4, -0.2) is 28.2 Å². The van der Waals surface area contributed by atoms with Crippen molar-refractivity contribution in [2.24, 2.45) is 4.99 Å². The number of carbonyl (C=O) groups is 1. The molecule has 26 heavy (non-hydrogen) atoms. The molecule has 0 saturated carbocycles. The van der Waals surface area contributed by atoms with E-state index in [0.717, 1.165) is 16.7 Å². The highest BCUT2D eigenvalue weighted by Crippen LogP contribution is 2.28. The number of ether oxygens (including phenoxy) is 1. The van der Waals surface area contributed by atoms with Crippen LogP contribution in [0.15, 0.2) is 64.8 Å². The number of pyridine rings is 2. The summed E-state index contributed by atoms with van der Waals surface area (Å²) >= 11 is 1.28. The van der Waals surface area contributed by atoms with Gasteiger partial charge in [-0.2, -0.15) is 0 Å². The number of hydrogen-bond acceptors (Lipinski definition) is 6. The van der Waals surface area contributed by atoms with E-state index in [4.69, 9.17) is 4.74 Å². The summed E-state index contributed by atoms with van der Waals surface area (Å²) in [5.74, 6) is 0.599. The number of nitrogens with zero attached hydrogens (tertiary/aromatic N) is 3. The molecule has 0 bridgehead atoms. The molecule has 1 aromatic carbocycles. The Morgan fingerprint density at radius 2 is 2.15 bits per heavy atom. The van der Waals surface area contributed by atoms with Gasteiger partial charge in [0.05, 0.1) is 35.1 Å². The van der Waals surface area contributed by atoms with Crippen LogP contribution in [0.5, 0.6) is 5.75 Å². The normalized spacial score (nSPS) is 17.0. The van der Waals surface area contributed by atoms with Crippen LogP contribution >= 0.6 is 11.8 Å². The molecule has 0 unspecified atom stereocenters. The second-order valence-electron chi connectivity index (χ2n) is 5.49. The topological polar surface area (TPSA) is 76.5 Å². The summed E-state index contributed by atoms with van der Waals surface area (Å²) in [5.41, 5.74) is 2.24. The Balaban J connectivity index is 1.61. The van der Waals surface area contributed by atoms with Crippen molar-refractivity contribution in [1.82, 2.24) is 15.3 Å². The fraction of sp³-hybridized carbons (Fsp3) is 0.0526. The molecule has 1 amide bonds. The number of aromatic nitrogens is 2. The van der Waals surface area contributed by atoms with Gasteiger partial charge in [0.2, 0.25) is 0 Å². The second-order valence-corrected chi connectivity index (χ2v) is 6.52. The number of methoxy groups -OCH3 is 1. The molecule has 0 aliphatic carbocycles. The molecular formula is C19H14N4O2S. The molecule has 6 nitrogen and oxygen atoms in total. The summed E-state index contributed by atoms with van der Waals surface area (Å²) in [5, 5.41) is 4.27. The zero-order chi connectivity index (χ0) is 17.9. The van der Waals surface area contributed by atoms with Gasteiger partial charge in [0.25, 0.3) is 5.91 Å². The first-order valence-corrected chi connectivity index (χ1v) is 8.67. The maximum absolute atomic E-state index is 12.2. The Morgan fingerprint density at radius 3 is 2.96 bits per heavy atom. The number of thioether (sulfide) groups is 1. The van der Waals surface area contributed by atoms with E-state index in [2.05, 4.69) is 20.3 Å². The molecule has 0 radical (unpaired) electrons. The minimum absolute atomic E-state index is 0.186. The zero-order valence-electron chi connectivity index (χ0n) is 13.8. The highest BCUT2D eigenvalue weighted by Gasteiger charge is 2.24. The number of fused-ring (bicyclic) bond motifs is 1. The van der Waals surface area contributed by atoms with Crippen molar-refractivity contribution in [2.45, 2.75) is 0 Å². The third kappa shape index (κ3) is 3.43. The summed E-state index contributed by atoms with van der Waals surface area (Å²) in [6.07, 6.45) is 5.08. The van der Waals surface area contributed by atoms with Crippen LogP contribution in [0.1, 0.15) is 5.69 Å². The number of benzene rings is 1. The standard InChI is InChI=1S/C19H14N4O2S/c1-25-15-6-7-16-12(9-15)4-5-13(21-16)10-17-18(24)23-19(26-17)22-14-3-2-8-20-11-14/h2-11H,1H3,(H,22,23,24)/b17-10-. The summed E-state index contributed by atoms with van der Waals surface area (Å²) in [6, 6.07) is 13.1. The third-order valence-corrected chi connectivity index (χ3v) is 4.63. The molecule has 0 atom stereocenters. The second kappa shape index (κ2) is 6.97. The van der Waals surface area contributed by atoms with Crippen molar-refractivity contribution in [2.75, 3.05) is 7.11 Å². The van der Waals surface area contributed by atoms with E-state index in [0.29, 0.717) is 21.5 Å². The van der Waals surface area contributed by atoms with Crippen LogP contribution < -0.4 is 10.1 Å². The molecule has 3 heterocycles. The first kappa shape index (κ1) is 16.3. The van der Waals surface area contributed by atoms with E-state index in [1.54, 1.807) is 31.6 Å². The van der Waals surface area contributed by atoms with Gasteiger partial charge in [-0.15, -0.1) is 0 Å². The van der Waals surface area contributed by atoms with E-state index in [1.807, 2.05) is 36.4 Å². The molecular weight excluding hydrogens is 348 g/mol. The van der Waals surface area contributed by atoms with Gasteiger partial charge in [-0.1, -0.05) is 6.07 Å². The number of amidine groups is 1. The summed E-state index contributed by atoms with van der Waals surface area (Å²) in [4.78, 5) is 25.7. The summed E-state index contributed by atoms with van der Waals surface area (Å²) in [6.45, 7) is 0. The molecule has 1 aliphatic heterocycles. The lowest BCUT2D eigenvalue weighted by Crippen LogP contribution is -2.19. The largest absolute Gasteiger partial charge is 0.497 e. The van der Waals surface area contributed by atoms with Gasteiger partial charge in [0, 0.05) is 11.6 Å². The van der Waals surface area contributed by atoms with E-state index in [-0.39, 0.29) is 5.91 Å². The lowest BCUT2D eigenvalue weighted by atomic mass is 10.2. The Kier molecular flexibility index (Phi) is 4.37. The van der Waals surface area contributed by atoms with Crippen LogP contribution in [0.2, 0.25) is 0 Å². The predicted octanol–water partition coefficient (Wildman–Crippen LogP) is 3.53. The van der Waals surface area contributed by atoms with Crippen molar-refractivity contribution in [3.63, 3.8) is 0 Å². The van der Waals surface area contributed by atoms with Crippen LogP contribution in [-0.2, 0) is 4.79 Å². The maximum atomic E-state index is 12.2. The van der Waals surface area contributed by atoms with Crippen molar-refractivity contribution in [3.8, 4) is 5.75 Å². The lowest BCUT2D eigenvalue weighted by molar-refractivity contribution is -0.115. The van der Waals surface area contributed by atoms with E-state index >= 15 is 0 Å². The first-order valence-electron chi connectivity index (χ1n) is 7.86. The molecule has 1 aliphatic rings. The van der Waals surface area contributed by atoms with Crippen molar-refractivity contribution < 1.29 is 9.53 Å². The van der Waals surface area contributed by atoms with Crippen LogP contribution in [0.25, 0.3) is 17.0 Å². The van der Waals surface area contributed by atoms with Gasteiger partial charge in [0.15, 0.2) is 5.17 Å². The van der Waals surface area contributed by atoms with Crippen molar-refractivity contribution in [3.05, 3.63) is 65.5 Å². The maximum Gasteiger partial charge on any atom is 0.264 e. The molecule has 1 fully saturated rings. The summed E-state index contributed by atoms with van der Waals surface area (Å²) in [7, 11) is 1.63. The molecule has 7 heteroatoms. The average molecular weight is 362 g/mol. The fourth-order valence-electron chi connectivity index (χ4n) is 2.48. The van der Waals surface area contributed by atoms with Gasteiger partial charge in [-0.3, -0.25) is 9.78 Å². The Morgan fingerprint density at radius 1 is 1.23 bits per heavy atom. The van der Waals surface area contributed by atoms with Crippen LogP contribution in [0, 0.1) is 0 Å². The number of hydrogen-bond donors (Lipinski definition) is 1. The Labute approximate surface area is 154 Å². The third-order valence-electron chi connectivity index (χ3n) is 3.72. The molecule has 2 aromatic heterocycles. The minimum atomic E-state index is -0.186. The molecule has 4 rings (SSSR count). The van der Waals surface area contributed by atoms with Gasteiger partial charge in [-0.25, -0.2) is 9.98 Å². The number of rotatable bonds is 3. The Hall–Kier alpha value is -3.19. The molecule has 1 N–H and O–H groups in total. The Bertz CT molecular complexity index is 1050. The molecule has 128 valence electrons. The number of amides is 1. The van der Waals surface area contributed by atoms with Crippen LogP contribution in [0.3, 0.4) is 0 Å². The smallest absolute Gasteiger partial charge is 0.264 e. The van der Waals surface area contributed by atoms with Crippen molar-refractivity contribution >= 4 is 45.5 Å². The molecule has 3 aromatic rings. The quantitative estimate of drug-likeness (QED) is 0.721.